The summed E-state index contributed by atoms with van der Waals surface area (Å²) >= 11 is 0. The van der Waals surface area contributed by atoms with Crippen LogP contribution in [0.1, 0.15) is 36.1 Å². The predicted molar refractivity (Wildman–Crippen MR) is 147 cm³/mol. The molecule has 2 aliphatic rings. The van der Waals surface area contributed by atoms with Gasteiger partial charge in [-0.1, -0.05) is 86.6 Å². The van der Waals surface area contributed by atoms with E-state index in [1.54, 1.807) is 0 Å². The highest BCUT2D eigenvalue weighted by molar-refractivity contribution is 5.87. The first-order chi connectivity index (χ1) is 17.1. The van der Waals surface area contributed by atoms with Crippen LogP contribution in [0.15, 0.2) is 109 Å². The SMILES string of the molecule is CC1(C)c2cc(Nc3ccccc3)ccc2-c2ccc(-c3ccc4c(c3)-c3ccccc3C4)cc21. The van der Waals surface area contributed by atoms with Crippen LogP contribution in [0.4, 0.5) is 11.4 Å². The number of hydrogen-bond donors (Lipinski definition) is 1. The fourth-order valence-electron chi connectivity index (χ4n) is 5.99. The van der Waals surface area contributed by atoms with E-state index in [1.165, 1.54) is 55.6 Å². The van der Waals surface area contributed by atoms with Crippen molar-refractivity contribution in [3.63, 3.8) is 0 Å². The smallest absolute Gasteiger partial charge is 0.0387 e. The molecule has 0 aromatic heterocycles. The molecule has 0 amide bonds. The molecule has 0 radical (unpaired) electrons. The Morgan fingerprint density at radius 2 is 1.17 bits per heavy atom. The van der Waals surface area contributed by atoms with Crippen molar-refractivity contribution in [3.05, 3.63) is 131 Å². The minimum absolute atomic E-state index is 0.0572. The fourth-order valence-corrected chi connectivity index (χ4v) is 5.99. The van der Waals surface area contributed by atoms with Crippen LogP contribution in [-0.4, -0.2) is 0 Å². The second-order valence-corrected chi connectivity index (χ2v) is 10.3. The van der Waals surface area contributed by atoms with Crippen molar-refractivity contribution in [2.45, 2.75) is 25.7 Å². The van der Waals surface area contributed by atoms with Gasteiger partial charge in [0.05, 0.1) is 0 Å². The van der Waals surface area contributed by atoms with Gasteiger partial charge in [0, 0.05) is 16.8 Å². The largest absolute Gasteiger partial charge is 0.356 e. The summed E-state index contributed by atoms with van der Waals surface area (Å²) < 4.78 is 0. The average molecular weight is 450 g/mol. The molecule has 0 saturated heterocycles. The quantitative estimate of drug-likeness (QED) is 0.284. The molecule has 0 fully saturated rings. The Kier molecular flexibility index (Phi) is 4.32. The average Bonchev–Trinajstić information content (AvgIpc) is 3.36. The van der Waals surface area contributed by atoms with Crippen molar-refractivity contribution in [3.8, 4) is 33.4 Å². The van der Waals surface area contributed by atoms with E-state index < -0.39 is 0 Å². The van der Waals surface area contributed by atoms with Crippen LogP contribution in [0, 0.1) is 0 Å². The van der Waals surface area contributed by atoms with Crippen molar-refractivity contribution in [1.82, 2.24) is 0 Å². The van der Waals surface area contributed by atoms with Gasteiger partial charge in [0.15, 0.2) is 0 Å². The van der Waals surface area contributed by atoms with Gasteiger partial charge in [-0.25, -0.2) is 0 Å². The molecule has 0 saturated carbocycles. The summed E-state index contributed by atoms with van der Waals surface area (Å²) in [5.41, 5.74) is 15.9. The van der Waals surface area contributed by atoms with E-state index in [-0.39, 0.29) is 5.41 Å². The van der Waals surface area contributed by atoms with E-state index in [1.807, 2.05) is 6.07 Å². The fraction of sp³-hybridized carbons (Fsp3) is 0.118. The maximum atomic E-state index is 3.57. The first-order valence-electron chi connectivity index (χ1n) is 12.4. The Balaban J connectivity index is 1.27. The highest BCUT2D eigenvalue weighted by Gasteiger charge is 2.36. The van der Waals surface area contributed by atoms with Crippen molar-refractivity contribution < 1.29 is 0 Å². The third-order valence-electron chi connectivity index (χ3n) is 7.87. The second kappa shape index (κ2) is 7.45. The summed E-state index contributed by atoms with van der Waals surface area (Å²) in [6, 6.07) is 40.0. The van der Waals surface area contributed by atoms with Crippen molar-refractivity contribution in [2.75, 3.05) is 5.32 Å². The van der Waals surface area contributed by atoms with Crippen molar-refractivity contribution >= 4 is 11.4 Å². The molecule has 1 nitrogen and oxygen atoms in total. The molecule has 7 rings (SSSR count). The lowest BCUT2D eigenvalue weighted by atomic mass is 9.81. The number of benzene rings is 5. The van der Waals surface area contributed by atoms with Gasteiger partial charge >= 0.3 is 0 Å². The van der Waals surface area contributed by atoms with Gasteiger partial charge in [0.1, 0.15) is 0 Å². The topological polar surface area (TPSA) is 12.0 Å². The molecule has 168 valence electrons. The summed E-state index contributed by atoms with van der Waals surface area (Å²) in [6.07, 6.45) is 1.04. The van der Waals surface area contributed by atoms with E-state index in [2.05, 4.69) is 122 Å². The molecular weight excluding hydrogens is 422 g/mol. The minimum atomic E-state index is -0.0572. The Labute approximate surface area is 207 Å². The predicted octanol–water partition coefficient (Wildman–Crippen LogP) is 8.97. The van der Waals surface area contributed by atoms with Gasteiger partial charge in [0.25, 0.3) is 0 Å². The lowest BCUT2D eigenvalue weighted by Crippen LogP contribution is -2.15. The highest BCUT2D eigenvalue weighted by atomic mass is 14.9. The number of rotatable bonds is 3. The summed E-state index contributed by atoms with van der Waals surface area (Å²) in [4.78, 5) is 0. The Morgan fingerprint density at radius 3 is 2.03 bits per heavy atom. The Hall–Kier alpha value is -4.10. The zero-order valence-electron chi connectivity index (χ0n) is 20.1. The number of para-hydroxylation sites is 1. The Morgan fingerprint density at radius 1 is 0.514 bits per heavy atom. The molecule has 0 heterocycles. The van der Waals surface area contributed by atoms with Gasteiger partial charge in [-0.2, -0.15) is 0 Å². The maximum Gasteiger partial charge on any atom is 0.0387 e. The van der Waals surface area contributed by atoms with Crippen LogP contribution in [0.25, 0.3) is 33.4 Å². The van der Waals surface area contributed by atoms with Crippen molar-refractivity contribution in [2.24, 2.45) is 0 Å². The molecule has 5 aromatic carbocycles. The molecule has 0 spiro atoms. The molecule has 5 aromatic rings. The standard InChI is InChI=1S/C34H27N/c1-34(2)32-20-23(22-12-13-25-18-24-8-6-7-11-28(24)31(25)19-22)14-16-29(32)30-17-15-27(21-33(30)34)35-26-9-4-3-5-10-26/h3-17,19-21,35H,18H2,1-2H3. The molecule has 0 aliphatic heterocycles. The van der Waals surface area contributed by atoms with Crippen LogP contribution in [0.2, 0.25) is 0 Å². The zero-order chi connectivity index (χ0) is 23.6. The van der Waals surface area contributed by atoms with Crippen LogP contribution in [0.3, 0.4) is 0 Å². The van der Waals surface area contributed by atoms with Crippen LogP contribution >= 0.6 is 0 Å². The van der Waals surface area contributed by atoms with Gasteiger partial charge < -0.3 is 5.32 Å². The monoisotopic (exact) mass is 449 g/mol. The van der Waals surface area contributed by atoms with Gasteiger partial charge in [-0.15, -0.1) is 0 Å². The van der Waals surface area contributed by atoms with E-state index in [0.29, 0.717) is 0 Å². The van der Waals surface area contributed by atoms with Crippen LogP contribution < -0.4 is 5.32 Å². The van der Waals surface area contributed by atoms with Gasteiger partial charge in [0.2, 0.25) is 0 Å². The number of nitrogens with one attached hydrogen (secondary N) is 1. The summed E-state index contributed by atoms with van der Waals surface area (Å²) in [7, 11) is 0. The van der Waals surface area contributed by atoms with Crippen molar-refractivity contribution in [1.29, 1.82) is 0 Å². The summed E-state index contributed by atoms with van der Waals surface area (Å²) in [6.45, 7) is 4.71. The Bertz CT molecular complexity index is 1610. The molecular formula is C34H27N. The first-order valence-corrected chi connectivity index (χ1v) is 12.4. The maximum absolute atomic E-state index is 3.57. The summed E-state index contributed by atoms with van der Waals surface area (Å²) in [5.74, 6) is 0. The third-order valence-corrected chi connectivity index (χ3v) is 7.87. The molecule has 1 N–H and O–H groups in total. The number of anilines is 2. The molecule has 0 bridgehead atoms. The second-order valence-electron chi connectivity index (χ2n) is 10.3. The molecule has 2 aliphatic carbocycles. The minimum Gasteiger partial charge on any atom is -0.356 e. The van der Waals surface area contributed by atoms with Crippen LogP contribution in [-0.2, 0) is 11.8 Å². The van der Waals surface area contributed by atoms with Gasteiger partial charge in [-0.3, -0.25) is 0 Å². The summed E-state index contributed by atoms with van der Waals surface area (Å²) in [5, 5.41) is 3.57. The molecule has 0 unspecified atom stereocenters. The third kappa shape index (κ3) is 3.15. The normalized spacial score (nSPS) is 14.1. The number of fused-ring (bicyclic) bond motifs is 6. The first kappa shape index (κ1) is 20.3. The lowest BCUT2D eigenvalue weighted by Gasteiger charge is -2.23. The molecule has 1 heteroatoms. The highest BCUT2D eigenvalue weighted by Crippen LogP contribution is 2.50. The van der Waals surface area contributed by atoms with Gasteiger partial charge in [-0.05, 0) is 98.5 Å². The molecule has 0 atom stereocenters. The van der Waals surface area contributed by atoms with Crippen LogP contribution in [0.5, 0.6) is 0 Å². The lowest BCUT2D eigenvalue weighted by molar-refractivity contribution is 0.661. The van der Waals surface area contributed by atoms with E-state index >= 15 is 0 Å². The van der Waals surface area contributed by atoms with E-state index in [9.17, 15) is 0 Å². The molecule has 35 heavy (non-hydrogen) atoms. The zero-order valence-corrected chi connectivity index (χ0v) is 20.1. The van der Waals surface area contributed by atoms with E-state index in [4.69, 9.17) is 0 Å². The van der Waals surface area contributed by atoms with E-state index in [0.717, 1.165) is 17.8 Å². The number of hydrogen-bond acceptors (Lipinski definition) is 1.